The SMILES string of the molecule is CCC(CC(=O)N[C@H](CC(C)C)C(=O)O)C(C)C. The van der Waals surface area contributed by atoms with Crippen molar-refractivity contribution in [2.75, 3.05) is 0 Å². The molecular formula is C14H27NO3. The average Bonchev–Trinajstić information content (AvgIpc) is 2.23. The zero-order valence-corrected chi connectivity index (χ0v) is 12.2. The van der Waals surface area contributed by atoms with Crippen molar-refractivity contribution >= 4 is 11.9 Å². The van der Waals surface area contributed by atoms with Crippen molar-refractivity contribution in [3.63, 3.8) is 0 Å². The lowest BCUT2D eigenvalue weighted by atomic mass is 9.89. The van der Waals surface area contributed by atoms with Gasteiger partial charge < -0.3 is 10.4 Å². The van der Waals surface area contributed by atoms with Gasteiger partial charge in [0.15, 0.2) is 0 Å². The Hall–Kier alpha value is -1.06. The van der Waals surface area contributed by atoms with E-state index >= 15 is 0 Å². The summed E-state index contributed by atoms with van der Waals surface area (Å²) < 4.78 is 0. The first-order valence-electron chi connectivity index (χ1n) is 6.80. The predicted octanol–water partition coefficient (Wildman–Crippen LogP) is 2.67. The average molecular weight is 257 g/mol. The van der Waals surface area contributed by atoms with E-state index in [1.807, 2.05) is 13.8 Å². The number of nitrogens with one attached hydrogen (secondary N) is 1. The zero-order chi connectivity index (χ0) is 14.3. The van der Waals surface area contributed by atoms with Gasteiger partial charge in [-0.2, -0.15) is 0 Å². The van der Waals surface area contributed by atoms with E-state index in [4.69, 9.17) is 5.11 Å². The number of carbonyl (C=O) groups is 2. The summed E-state index contributed by atoms with van der Waals surface area (Å²) in [4.78, 5) is 22.9. The van der Waals surface area contributed by atoms with Crippen molar-refractivity contribution in [3.8, 4) is 0 Å². The van der Waals surface area contributed by atoms with Crippen molar-refractivity contribution < 1.29 is 14.7 Å². The number of carboxylic acid groups (broad SMARTS) is 1. The monoisotopic (exact) mass is 257 g/mol. The molecule has 2 atom stereocenters. The number of carboxylic acids is 1. The lowest BCUT2D eigenvalue weighted by molar-refractivity contribution is -0.142. The molecule has 18 heavy (non-hydrogen) atoms. The van der Waals surface area contributed by atoms with E-state index < -0.39 is 12.0 Å². The maximum absolute atomic E-state index is 11.8. The molecule has 0 heterocycles. The Morgan fingerprint density at radius 3 is 2.06 bits per heavy atom. The molecule has 0 aromatic rings. The second-order valence-electron chi connectivity index (χ2n) is 5.70. The molecule has 0 saturated heterocycles. The Labute approximate surface area is 110 Å². The van der Waals surface area contributed by atoms with Gasteiger partial charge in [-0.15, -0.1) is 0 Å². The Balaban J connectivity index is 4.37. The van der Waals surface area contributed by atoms with E-state index in [0.29, 0.717) is 24.7 Å². The Morgan fingerprint density at radius 1 is 1.17 bits per heavy atom. The van der Waals surface area contributed by atoms with Crippen molar-refractivity contribution in [2.45, 2.75) is 59.9 Å². The summed E-state index contributed by atoms with van der Waals surface area (Å²) in [6.07, 6.45) is 1.82. The number of hydrogen-bond donors (Lipinski definition) is 2. The van der Waals surface area contributed by atoms with Crippen molar-refractivity contribution in [1.29, 1.82) is 0 Å². The summed E-state index contributed by atoms with van der Waals surface area (Å²) >= 11 is 0. The van der Waals surface area contributed by atoms with Gasteiger partial charge in [0.05, 0.1) is 0 Å². The molecule has 106 valence electrons. The third-order valence-corrected chi connectivity index (χ3v) is 3.26. The lowest BCUT2D eigenvalue weighted by Crippen LogP contribution is -2.42. The second-order valence-corrected chi connectivity index (χ2v) is 5.70. The van der Waals surface area contributed by atoms with Crippen LogP contribution in [0.4, 0.5) is 0 Å². The normalized spacial score (nSPS) is 14.6. The fourth-order valence-electron chi connectivity index (χ4n) is 2.04. The van der Waals surface area contributed by atoms with Gasteiger partial charge in [0.2, 0.25) is 5.91 Å². The van der Waals surface area contributed by atoms with Gasteiger partial charge in [-0.25, -0.2) is 4.79 Å². The molecule has 0 aliphatic heterocycles. The third-order valence-electron chi connectivity index (χ3n) is 3.26. The highest BCUT2D eigenvalue weighted by molar-refractivity contribution is 5.83. The van der Waals surface area contributed by atoms with Crippen LogP contribution in [-0.2, 0) is 9.59 Å². The fourth-order valence-corrected chi connectivity index (χ4v) is 2.04. The van der Waals surface area contributed by atoms with Crippen LogP contribution < -0.4 is 5.32 Å². The van der Waals surface area contributed by atoms with Crippen LogP contribution in [0.3, 0.4) is 0 Å². The highest BCUT2D eigenvalue weighted by Crippen LogP contribution is 2.18. The minimum absolute atomic E-state index is 0.149. The van der Waals surface area contributed by atoms with Crippen LogP contribution >= 0.6 is 0 Å². The molecule has 1 unspecified atom stereocenters. The summed E-state index contributed by atoms with van der Waals surface area (Å²) in [6, 6.07) is -0.762. The Bertz CT molecular complexity index is 274. The molecule has 0 spiro atoms. The van der Waals surface area contributed by atoms with E-state index in [0.717, 1.165) is 6.42 Å². The number of aliphatic carboxylic acids is 1. The van der Waals surface area contributed by atoms with E-state index in [9.17, 15) is 9.59 Å². The Kier molecular flexibility index (Phi) is 7.64. The maximum atomic E-state index is 11.8. The predicted molar refractivity (Wildman–Crippen MR) is 72.3 cm³/mol. The number of hydrogen-bond acceptors (Lipinski definition) is 2. The molecule has 0 bridgehead atoms. The van der Waals surface area contributed by atoms with Crippen LogP contribution in [-0.4, -0.2) is 23.0 Å². The van der Waals surface area contributed by atoms with Crippen LogP contribution in [0.25, 0.3) is 0 Å². The summed E-state index contributed by atoms with van der Waals surface area (Å²) in [5.74, 6) is -0.0932. The third kappa shape index (κ3) is 6.62. The van der Waals surface area contributed by atoms with Crippen molar-refractivity contribution in [1.82, 2.24) is 5.32 Å². The van der Waals surface area contributed by atoms with Crippen LogP contribution in [0.1, 0.15) is 53.9 Å². The van der Waals surface area contributed by atoms with Crippen molar-refractivity contribution in [3.05, 3.63) is 0 Å². The molecule has 0 saturated carbocycles. The van der Waals surface area contributed by atoms with Crippen LogP contribution in [0.15, 0.2) is 0 Å². The molecule has 4 heteroatoms. The molecule has 0 fully saturated rings. The van der Waals surface area contributed by atoms with E-state index in [1.54, 1.807) is 0 Å². The highest BCUT2D eigenvalue weighted by Gasteiger charge is 2.23. The van der Waals surface area contributed by atoms with Gasteiger partial charge in [0, 0.05) is 6.42 Å². The van der Waals surface area contributed by atoms with Gasteiger partial charge in [0.1, 0.15) is 6.04 Å². The van der Waals surface area contributed by atoms with Crippen LogP contribution in [0.2, 0.25) is 0 Å². The van der Waals surface area contributed by atoms with Crippen LogP contribution in [0, 0.1) is 17.8 Å². The Morgan fingerprint density at radius 2 is 1.72 bits per heavy atom. The van der Waals surface area contributed by atoms with Gasteiger partial charge >= 0.3 is 5.97 Å². The summed E-state index contributed by atoms with van der Waals surface area (Å²) in [5.41, 5.74) is 0. The molecule has 2 N–H and O–H groups in total. The summed E-state index contributed by atoms with van der Waals surface area (Å²) in [6.45, 7) is 10.1. The topological polar surface area (TPSA) is 66.4 Å². The molecule has 1 amide bonds. The molecule has 0 aliphatic carbocycles. The number of rotatable bonds is 8. The summed E-state index contributed by atoms with van der Waals surface area (Å²) in [7, 11) is 0. The maximum Gasteiger partial charge on any atom is 0.326 e. The molecule has 0 aliphatic rings. The first kappa shape index (κ1) is 16.9. The van der Waals surface area contributed by atoms with E-state index in [1.165, 1.54) is 0 Å². The minimum Gasteiger partial charge on any atom is -0.480 e. The molecule has 0 aromatic heterocycles. The standard InChI is InChI=1S/C14H27NO3/c1-6-11(10(4)5)8-13(16)15-12(14(17)18)7-9(2)3/h9-12H,6-8H2,1-5H3,(H,15,16)(H,17,18)/t11?,12-/m1/s1. The van der Waals surface area contributed by atoms with Gasteiger partial charge in [-0.05, 0) is 24.2 Å². The quantitative estimate of drug-likeness (QED) is 0.702. The largest absolute Gasteiger partial charge is 0.480 e. The van der Waals surface area contributed by atoms with E-state index in [-0.39, 0.29) is 11.8 Å². The fraction of sp³-hybridized carbons (Fsp3) is 0.857. The highest BCUT2D eigenvalue weighted by atomic mass is 16.4. The molecule has 0 radical (unpaired) electrons. The summed E-state index contributed by atoms with van der Waals surface area (Å²) in [5, 5.41) is 11.7. The smallest absolute Gasteiger partial charge is 0.326 e. The first-order chi connectivity index (χ1) is 8.27. The number of carbonyl (C=O) groups excluding carboxylic acids is 1. The molecule has 4 nitrogen and oxygen atoms in total. The molecule has 0 aromatic carbocycles. The van der Waals surface area contributed by atoms with Crippen molar-refractivity contribution in [2.24, 2.45) is 17.8 Å². The first-order valence-corrected chi connectivity index (χ1v) is 6.80. The minimum atomic E-state index is -0.949. The van der Waals surface area contributed by atoms with Gasteiger partial charge in [0.25, 0.3) is 0 Å². The van der Waals surface area contributed by atoms with Crippen LogP contribution in [0.5, 0.6) is 0 Å². The van der Waals surface area contributed by atoms with E-state index in [2.05, 4.69) is 26.1 Å². The molecular weight excluding hydrogens is 230 g/mol. The molecule has 0 rings (SSSR count). The van der Waals surface area contributed by atoms with Gasteiger partial charge in [-0.3, -0.25) is 4.79 Å². The lowest BCUT2D eigenvalue weighted by Gasteiger charge is -2.21. The number of amides is 1. The zero-order valence-electron chi connectivity index (χ0n) is 12.2. The second kappa shape index (κ2) is 8.11. The van der Waals surface area contributed by atoms with Gasteiger partial charge in [-0.1, -0.05) is 41.0 Å².